The third kappa shape index (κ3) is 61.5. The fraction of sp³-hybridized carbons (Fsp3) is 0.500. The second-order valence-electron chi connectivity index (χ2n) is 2.30. The fourth-order valence-electron chi connectivity index (χ4n) is 0.385. The van der Waals surface area contributed by atoms with Gasteiger partial charge in [-0.25, -0.2) is 8.42 Å². The van der Waals surface area contributed by atoms with Gasteiger partial charge < -0.3 is 0 Å². The maximum absolute atomic E-state index is 9.63. The first-order valence-corrected chi connectivity index (χ1v) is 7.45. The van der Waals surface area contributed by atoms with Gasteiger partial charge in [-0.3, -0.25) is 0 Å². The Morgan fingerprint density at radius 2 is 0.667 bits per heavy atom. The molecule has 0 fully saturated rings. The summed E-state index contributed by atoms with van der Waals surface area (Å²) in [5.41, 5.74) is 0. The average Bonchev–Trinajstić information content (AvgIpc) is 2.24. The Balaban J connectivity index is -0.000000146. The SMILES string of the molecule is CC.CC.CS(C)(=O)=O.c1ccccc1. The van der Waals surface area contributed by atoms with Gasteiger partial charge in [0, 0.05) is 12.5 Å². The Bertz CT molecular complexity index is 230. The zero-order valence-electron chi connectivity index (χ0n) is 10.7. The summed E-state index contributed by atoms with van der Waals surface area (Å²) in [6.07, 6.45) is 2.32. The summed E-state index contributed by atoms with van der Waals surface area (Å²) >= 11 is 0. The molecule has 0 aliphatic heterocycles. The van der Waals surface area contributed by atoms with E-state index in [0.717, 1.165) is 12.5 Å². The van der Waals surface area contributed by atoms with Gasteiger partial charge in [-0.2, -0.15) is 0 Å². The zero-order valence-corrected chi connectivity index (χ0v) is 11.5. The molecule has 15 heavy (non-hydrogen) atoms. The summed E-state index contributed by atoms with van der Waals surface area (Å²) in [5.74, 6) is 0. The molecule has 1 aromatic rings. The molecule has 90 valence electrons. The number of hydrogen-bond donors (Lipinski definition) is 0. The molecule has 0 N–H and O–H groups in total. The Morgan fingerprint density at radius 3 is 0.733 bits per heavy atom. The van der Waals surface area contributed by atoms with E-state index in [-0.39, 0.29) is 0 Å². The molecule has 0 amide bonds. The highest BCUT2D eigenvalue weighted by atomic mass is 32.2. The van der Waals surface area contributed by atoms with Crippen molar-refractivity contribution < 1.29 is 8.42 Å². The first-order chi connectivity index (χ1) is 7.00. The van der Waals surface area contributed by atoms with Gasteiger partial charge in [-0.05, 0) is 0 Å². The predicted molar refractivity (Wildman–Crippen MR) is 69.9 cm³/mol. The van der Waals surface area contributed by atoms with Gasteiger partial charge in [-0.1, -0.05) is 64.1 Å². The largest absolute Gasteiger partial charge is 0.229 e. The molecule has 0 bridgehead atoms. The molecule has 0 aromatic heterocycles. The van der Waals surface area contributed by atoms with Crippen LogP contribution in [0.4, 0.5) is 0 Å². The summed E-state index contributed by atoms with van der Waals surface area (Å²) in [6, 6.07) is 12.0. The summed E-state index contributed by atoms with van der Waals surface area (Å²) in [6.45, 7) is 8.00. The van der Waals surface area contributed by atoms with Crippen LogP contribution in [0.25, 0.3) is 0 Å². The van der Waals surface area contributed by atoms with E-state index in [0.29, 0.717) is 0 Å². The molecule has 3 heteroatoms. The van der Waals surface area contributed by atoms with Gasteiger partial charge in [0.2, 0.25) is 0 Å². The van der Waals surface area contributed by atoms with Crippen molar-refractivity contribution in [3.8, 4) is 0 Å². The second kappa shape index (κ2) is 15.6. The molecule has 1 aromatic carbocycles. The van der Waals surface area contributed by atoms with Crippen LogP contribution in [-0.4, -0.2) is 20.9 Å². The Kier molecular flexibility index (Phi) is 20.5. The molecule has 0 radical (unpaired) electrons. The van der Waals surface area contributed by atoms with Crippen molar-refractivity contribution in [2.75, 3.05) is 12.5 Å². The number of rotatable bonds is 0. The molecule has 2 nitrogen and oxygen atoms in total. The normalized spacial score (nSPS) is 7.87. The molecule has 0 heterocycles. The van der Waals surface area contributed by atoms with Crippen molar-refractivity contribution in [1.82, 2.24) is 0 Å². The fourth-order valence-corrected chi connectivity index (χ4v) is 0.385. The van der Waals surface area contributed by atoms with Gasteiger partial charge >= 0.3 is 0 Å². The number of hydrogen-bond acceptors (Lipinski definition) is 2. The number of sulfone groups is 1. The van der Waals surface area contributed by atoms with Crippen molar-refractivity contribution in [2.45, 2.75) is 27.7 Å². The van der Waals surface area contributed by atoms with Crippen molar-refractivity contribution in [3.05, 3.63) is 36.4 Å². The van der Waals surface area contributed by atoms with Gasteiger partial charge in [-0.15, -0.1) is 0 Å². The summed E-state index contributed by atoms with van der Waals surface area (Å²) in [7, 11) is -2.67. The van der Waals surface area contributed by atoms with Gasteiger partial charge in [0.25, 0.3) is 0 Å². The molecular weight excluding hydrogens is 208 g/mol. The third-order valence-electron chi connectivity index (χ3n) is 0.667. The molecule has 0 spiro atoms. The van der Waals surface area contributed by atoms with Crippen LogP contribution in [0.3, 0.4) is 0 Å². The van der Waals surface area contributed by atoms with Crippen LogP contribution in [0, 0.1) is 0 Å². The maximum atomic E-state index is 9.63. The number of benzene rings is 1. The Morgan fingerprint density at radius 1 is 0.600 bits per heavy atom. The topological polar surface area (TPSA) is 34.1 Å². The van der Waals surface area contributed by atoms with Crippen molar-refractivity contribution >= 4 is 9.84 Å². The molecule has 0 unspecified atom stereocenters. The van der Waals surface area contributed by atoms with Gasteiger partial charge in [0.05, 0.1) is 0 Å². The van der Waals surface area contributed by atoms with Crippen LogP contribution in [0.15, 0.2) is 36.4 Å². The molecule has 1 rings (SSSR count). The highest BCUT2D eigenvalue weighted by Gasteiger charge is 1.79. The van der Waals surface area contributed by atoms with E-state index in [9.17, 15) is 8.42 Å². The third-order valence-corrected chi connectivity index (χ3v) is 0.667. The van der Waals surface area contributed by atoms with E-state index in [1.165, 1.54) is 0 Å². The van der Waals surface area contributed by atoms with Gasteiger partial charge in [0.1, 0.15) is 9.84 Å². The Hall–Kier alpha value is -0.830. The lowest BCUT2D eigenvalue weighted by molar-refractivity contribution is 0.607. The van der Waals surface area contributed by atoms with Crippen molar-refractivity contribution in [1.29, 1.82) is 0 Å². The lowest BCUT2D eigenvalue weighted by Gasteiger charge is -1.69. The minimum atomic E-state index is -2.67. The van der Waals surface area contributed by atoms with E-state index in [2.05, 4.69) is 0 Å². The van der Waals surface area contributed by atoms with Crippen LogP contribution < -0.4 is 0 Å². The quantitative estimate of drug-likeness (QED) is 0.687. The van der Waals surface area contributed by atoms with Crippen molar-refractivity contribution in [2.24, 2.45) is 0 Å². The van der Waals surface area contributed by atoms with E-state index in [4.69, 9.17) is 0 Å². The molecule has 0 aliphatic carbocycles. The second-order valence-corrected chi connectivity index (χ2v) is 4.58. The van der Waals surface area contributed by atoms with E-state index < -0.39 is 9.84 Å². The minimum Gasteiger partial charge on any atom is -0.229 e. The first kappa shape index (κ1) is 19.7. The first-order valence-electron chi connectivity index (χ1n) is 5.15. The minimum absolute atomic E-state index is 1.16. The maximum Gasteiger partial charge on any atom is 0.144 e. The summed E-state index contributed by atoms with van der Waals surface area (Å²) < 4.78 is 19.3. The van der Waals surface area contributed by atoms with Crippen molar-refractivity contribution in [3.63, 3.8) is 0 Å². The summed E-state index contributed by atoms with van der Waals surface area (Å²) in [5, 5.41) is 0. The van der Waals surface area contributed by atoms with Gasteiger partial charge in [0.15, 0.2) is 0 Å². The molecule has 0 atom stereocenters. The van der Waals surface area contributed by atoms with Crippen LogP contribution in [-0.2, 0) is 9.84 Å². The molecule has 0 saturated heterocycles. The van der Waals surface area contributed by atoms with Crippen LogP contribution in [0.5, 0.6) is 0 Å². The van der Waals surface area contributed by atoms with Crippen LogP contribution in [0.1, 0.15) is 27.7 Å². The predicted octanol–water partition coefficient (Wildman–Crippen LogP) is 3.40. The summed E-state index contributed by atoms with van der Waals surface area (Å²) in [4.78, 5) is 0. The monoisotopic (exact) mass is 232 g/mol. The Labute approximate surface area is 95.3 Å². The zero-order chi connectivity index (χ0) is 12.7. The molecule has 0 aliphatic rings. The highest BCUT2D eigenvalue weighted by Crippen LogP contribution is 1.79. The van der Waals surface area contributed by atoms with E-state index in [1.54, 1.807) is 0 Å². The van der Waals surface area contributed by atoms with E-state index >= 15 is 0 Å². The van der Waals surface area contributed by atoms with Crippen LogP contribution in [0.2, 0.25) is 0 Å². The molecule has 0 saturated carbocycles. The van der Waals surface area contributed by atoms with E-state index in [1.807, 2.05) is 64.1 Å². The lowest BCUT2D eigenvalue weighted by atomic mass is 10.4. The van der Waals surface area contributed by atoms with Crippen LogP contribution >= 0.6 is 0 Å². The standard InChI is InChI=1S/C6H6.C2H6O2S.2C2H6/c1-2-4-6-5-3-1;1-5(2,3)4;2*1-2/h1-6H;1-2H3;2*1-2H3. The molecular formula is C12H24O2S. The highest BCUT2D eigenvalue weighted by molar-refractivity contribution is 7.89. The average molecular weight is 232 g/mol. The lowest BCUT2D eigenvalue weighted by Crippen LogP contribution is -1.86. The smallest absolute Gasteiger partial charge is 0.144 e.